The van der Waals surface area contributed by atoms with Crippen molar-refractivity contribution in [2.75, 3.05) is 10.6 Å². The summed E-state index contributed by atoms with van der Waals surface area (Å²) in [5.41, 5.74) is 7.45. The van der Waals surface area contributed by atoms with Gasteiger partial charge in [-0.1, -0.05) is 6.92 Å². The number of nitrogens with two attached hydrogens (primary N) is 1. The zero-order valence-corrected chi connectivity index (χ0v) is 10.8. The molecule has 2 atom stereocenters. The van der Waals surface area contributed by atoms with Crippen LogP contribution in [0.25, 0.3) is 0 Å². The van der Waals surface area contributed by atoms with E-state index in [1.807, 2.05) is 0 Å². The van der Waals surface area contributed by atoms with E-state index in [4.69, 9.17) is 5.73 Å². The van der Waals surface area contributed by atoms with Crippen LogP contribution in [0.5, 0.6) is 0 Å². The van der Waals surface area contributed by atoms with Crippen LogP contribution < -0.4 is 10.6 Å². The van der Waals surface area contributed by atoms with Gasteiger partial charge in [0.1, 0.15) is 0 Å². The highest BCUT2D eigenvalue weighted by molar-refractivity contribution is 5.71. The number of benzene rings is 1. The molecule has 1 fully saturated rings. The summed E-state index contributed by atoms with van der Waals surface area (Å²) in [6, 6.07) is 5.69. The lowest BCUT2D eigenvalue weighted by Gasteiger charge is -2.31. The summed E-state index contributed by atoms with van der Waals surface area (Å²) in [5.74, 6) is 0. The second-order valence-electron chi connectivity index (χ2n) is 4.90. The van der Waals surface area contributed by atoms with Crippen LogP contribution in [-0.2, 0) is 0 Å². The Bertz CT molecular complexity index is 462. The summed E-state index contributed by atoms with van der Waals surface area (Å²) in [7, 11) is 0. The first-order valence-corrected chi connectivity index (χ1v) is 6.36. The Morgan fingerprint density at radius 3 is 2.78 bits per heavy atom. The summed E-state index contributed by atoms with van der Waals surface area (Å²) in [5, 5.41) is 10.7. The van der Waals surface area contributed by atoms with Crippen molar-refractivity contribution in [1.82, 2.24) is 0 Å². The molecule has 2 rings (SSSR count). The van der Waals surface area contributed by atoms with Gasteiger partial charge in [-0.15, -0.1) is 0 Å². The molecule has 1 saturated heterocycles. The normalized spacial score (nSPS) is 23.3. The molecule has 1 heterocycles. The van der Waals surface area contributed by atoms with E-state index in [-0.39, 0.29) is 5.69 Å². The first-order valence-electron chi connectivity index (χ1n) is 6.36. The van der Waals surface area contributed by atoms with Gasteiger partial charge in [0.2, 0.25) is 0 Å². The lowest BCUT2D eigenvalue weighted by atomic mass is 10.1. The molecule has 5 nitrogen and oxygen atoms in total. The van der Waals surface area contributed by atoms with Gasteiger partial charge in [0.25, 0.3) is 5.69 Å². The van der Waals surface area contributed by atoms with Gasteiger partial charge in [-0.05, 0) is 32.3 Å². The molecule has 98 valence electrons. The molecular weight excluding hydrogens is 230 g/mol. The molecule has 18 heavy (non-hydrogen) atoms. The molecule has 1 aliphatic heterocycles. The number of nitro groups is 1. The Hall–Kier alpha value is -1.78. The molecule has 0 saturated carbocycles. The van der Waals surface area contributed by atoms with Crippen LogP contribution in [0.2, 0.25) is 0 Å². The molecule has 5 heteroatoms. The summed E-state index contributed by atoms with van der Waals surface area (Å²) in [4.78, 5) is 12.6. The van der Waals surface area contributed by atoms with Crippen molar-refractivity contribution in [2.24, 2.45) is 0 Å². The van der Waals surface area contributed by atoms with Crippen molar-refractivity contribution in [3.8, 4) is 0 Å². The monoisotopic (exact) mass is 249 g/mol. The molecule has 1 aliphatic rings. The van der Waals surface area contributed by atoms with E-state index in [2.05, 4.69) is 18.7 Å². The van der Waals surface area contributed by atoms with Gasteiger partial charge in [0.15, 0.2) is 0 Å². The first-order chi connectivity index (χ1) is 8.54. The number of nitro benzene ring substituents is 1. The minimum Gasteiger partial charge on any atom is -0.397 e. The first kappa shape index (κ1) is 12.7. The van der Waals surface area contributed by atoms with E-state index in [9.17, 15) is 10.1 Å². The molecule has 0 radical (unpaired) electrons. The zero-order valence-electron chi connectivity index (χ0n) is 10.8. The van der Waals surface area contributed by atoms with Crippen molar-refractivity contribution in [1.29, 1.82) is 0 Å². The highest BCUT2D eigenvalue weighted by atomic mass is 16.6. The number of nitrogens with zero attached hydrogens (tertiary/aromatic N) is 2. The number of nitrogen functional groups attached to an aromatic ring is 1. The summed E-state index contributed by atoms with van der Waals surface area (Å²) >= 11 is 0. The Kier molecular flexibility index (Phi) is 3.41. The second kappa shape index (κ2) is 4.84. The summed E-state index contributed by atoms with van der Waals surface area (Å²) in [6.07, 6.45) is 3.38. The number of hydrogen-bond acceptors (Lipinski definition) is 4. The van der Waals surface area contributed by atoms with Crippen LogP contribution in [0, 0.1) is 10.1 Å². The van der Waals surface area contributed by atoms with Crippen molar-refractivity contribution >= 4 is 17.1 Å². The van der Waals surface area contributed by atoms with Crippen LogP contribution >= 0.6 is 0 Å². The van der Waals surface area contributed by atoms with E-state index in [1.54, 1.807) is 6.07 Å². The van der Waals surface area contributed by atoms with Gasteiger partial charge in [0.05, 0.1) is 16.3 Å². The van der Waals surface area contributed by atoms with Gasteiger partial charge in [-0.25, -0.2) is 0 Å². The second-order valence-corrected chi connectivity index (χ2v) is 4.90. The smallest absolute Gasteiger partial charge is 0.271 e. The van der Waals surface area contributed by atoms with Gasteiger partial charge in [0, 0.05) is 24.2 Å². The van der Waals surface area contributed by atoms with Crippen LogP contribution in [-0.4, -0.2) is 17.0 Å². The molecule has 0 bridgehead atoms. The van der Waals surface area contributed by atoms with Gasteiger partial charge in [-0.2, -0.15) is 0 Å². The molecule has 1 aromatic rings. The van der Waals surface area contributed by atoms with Gasteiger partial charge >= 0.3 is 0 Å². The van der Waals surface area contributed by atoms with E-state index in [0.717, 1.165) is 24.9 Å². The predicted molar refractivity (Wildman–Crippen MR) is 72.8 cm³/mol. The fourth-order valence-electron chi connectivity index (χ4n) is 2.80. The van der Waals surface area contributed by atoms with Crippen molar-refractivity contribution in [3.63, 3.8) is 0 Å². The largest absolute Gasteiger partial charge is 0.397 e. The SMILES string of the molecule is CCC1CCC(C)N1c1ccc([N+](=O)[O-])cc1N. The third-order valence-corrected chi connectivity index (χ3v) is 3.76. The Labute approximate surface area is 107 Å². The van der Waals surface area contributed by atoms with Gasteiger partial charge < -0.3 is 10.6 Å². The average Bonchev–Trinajstić information content (AvgIpc) is 2.70. The highest BCUT2D eigenvalue weighted by Gasteiger charge is 2.30. The number of rotatable bonds is 3. The molecule has 0 amide bonds. The fraction of sp³-hybridized carbons (Fsp3) is 0.538. The van der Waals surface area contributed by atoms with E-state index >= 15 is 0 Å². The lowest BCUT2D eigenvalue weighted by Crippen LogP contribution is -2.34. The third kappa shape index (κ3) is 2.12. The van der Waals surface area contributed by atoms with Crippen LogP contribution in [0.1, 0.15) is 33.1 Å². The topological polar surface area (TPSA) is 72.4 Å². The van der Waals surface area contributed by atoms with Crippen LogP contribution in [0.3, 0.4) is 0 Å². The molecular formula is C13H19N3O2. The van der Waals surface area contributed by atoms with E-state index in [0.29, 0.717) is 17.8 Å². The average molecular weight is 249 g/mol. The fourth-order valence-corrected chi connectivity index (χ4v) is 2.80. The van der Waals surface area contributed by atoms with Crippen molar-refractivity contribution < 1.29 is 4.92 Å². The molecule has 0 aliphatic carbocycles. The molecule has 2 N–H and O–H groups in total. The van der Waals surface area contributed by atoms with Crippen LogP contribution in [0.4, 0.5) is 17.1 Å². The standard InChI is InChI=1S/C13H19N3O2/c1-3-10-5-4-9(2)15(10)13-7-6-11(16(17)18)8-12(13)14/h6-10H,3-5,14H2,1-2H3. The minimum atomic E-state index is -0.412. The number of non-ortho nitro benzene ring substituents is 1. The number of anilines is 2. The lowest BCUT2D eigenvalue weighted by molar-refractivity contribution is -0.384. The van der Waals surface area contributed by atoms with Crippen molar-refractivity contribution in [3.05, 3.63) is 28.3 Å². The maximum Gasteiger partial charge on any atom is 0.271 e. The summed E-state index contributed by atoms with van der Waals surface area (Å²) in [6.45, 7) is 4.34. The van der Waals surface area contributed by atoms with Crippen LogP contribution in [0.15, 0.2) is 18.2 Å². The molecule has 0 spiro atoms. The predicted octanol–water partition coefficient (Wildman–Crippen LogP) is 2.94. The summed E-state index contributed by atoms with van der Waals surface area (Å²) < 4.78 is 0. The van der Waals surface area contributed by atoms with Gasteiger partial charge in [-0.3, -0.25) is 10.1 Å². The van der Waals surface area contributed by atoms with Crippen molar-refractivity contribution in [2.45, 2.75) is 45.2 Å². The molecule has 2 unspecified atom stereocenters. The Balaban J connectivity index is 2.35. The zero-order chi connectivity index (χ0) is 13.3. The Morgan fingerprint density at radius 2 is 2.22 bits per heavy atom. The molecule has 1 aromatic carbocycles. The quantitative estimate of drug-likeness (QED) is 0.508. The minimum absolute atomic E-state index is 0.0520. The van der Waals surface area contributed by atoms with E-state index in [1.165, 1.54) is 12.1 Å². The highest BCUT2D eigenvalue weighted by Crippen LogP contribution is 2.36. The van der Waals surface area contributed by atoms with E-state index < -0.39 is 4.92 Å². The maximum atomic E-state index is 10.7. The maximum absolute atomic E-state index is 10.7. The Morgan fingerprint density at radius 1 is 1.50 bits per heavy atom. The third-order valence-electron chi connectivity index (χ3n) is 3.76. The number of hydrogen-bond donors (Lipinski definition) is 1. The molecule has 0 aromatic heterocycles.